The summed E-state index contributed by atoms with van der Waals surface area (Å²) in [6.07, 6.45) is 6.61. The Morgan fingerprint density at radius 3 is 0.780 bits per heavy atom. The largest absolute Gasteiger partial charge is 0.481 e. The summed E-state index contributed by atoms with van der Waals surface area (Å²) < 4.78 is 52.2. The number of ether oxygens (including phenoxy) is 11. The third-order valence-electron chi connectivity index (χ3n) is 10.5. The van der Waals surface area contributed by atoms with Crippen molar-refractivity contribution in [3.05, 3.63) is 11.6 Å². The molecule has 0 aliphatic heterocycles. The molecule has 8 N–H and O–H groups in total. The minimum Gasteiger partial charge on any atom is -0.481 e. The van der Waals surface area contributed by atoms with Crippen LogP contribution in [-0.2, 0) is 124 Å². The summed E-state index contributed by atoms with van der Waals surface area (Å²) >= 11 is 3.75. The lowest BCUT2D eigenvalue weighted by Gasteiger charge is -2.17. The van der Waals surface area contributed by atoms with Gasteiger partial charge in [-0.25, -0.2) is 14.4 Å². The molecular formula is C75H144N2O31S. The van der Waals surface area contributed by atoms with E-state index in [4.69, 9.17) is 65.1 Å². The zero-order valence-electron chi connectivity index (χ0n) is 69.7. The smallest absolute Gasteiger partial charge is 0.335 e. The maximum atomic E-state index is 11.1. The number of hydrogen-bond acceptors (Lipinski definition) is 30. The van der Waals surface area contributed by atoms with Gasteiger partial charge in [-0.05, 0) is 66.2 Å². The number of hydrogen-bond donors (Lipinski definition) is 8. The van der Waals surface area contributed by atoms with Gasteiger partial charge >= 0.3 is 89.5 Å². The highest BCUT2D eigenvalue weighted by Crippen LogP contribution is 2.04. The molecule has 0 saturated carbocycles. The molecule has 0 fully saturated rings. The first kappa shape index (κ1) is 130. The second-order valence-electron chi connectivity index (χ2n) is 23.4. The van der Waals surface area contributed by atoms with Crippen molar-refractivity contribution in [3.63, 3.8) is 0 Å². The van der Waals surface area contributed by atoms with Crippen LogP contribution in [0.2, 0.25) is 0 Å². The van der Waals surface area contributed by atoms with E-state index in [1.165, 1.54) is 40.7 Å². The van der Waals surface area contributed by atoms with E-state index in [-0.39, 0.29) is 139 Å². The molecule has 646 valence electrons. The third-order valence-corrected chi connectivity index (χ3v) is 10.8. The number of carboxylic acids is 4. The van der Waals surface area contributed by atoms with Crippen LogP contribution < -0.4 is 5.73 Å². The number of nitrogens with two attached hydrogens (primary N) is 1. The summed E-state index contributed by atoms with van der Waals surface area (Å²) in [6, 6.07) is 0.384. The van der Waals surface area contributed by atoms with Crippen LogP contribution in [0, 0.1) is 23.2 Å². The number of aliphatic carboxylic acids is 4. The topological polar surface area (TPSA) is 509 Å². The molecule has 0 saturated heterocycles. The molecule has 0 aromatic carbocycles. The molecule has 0 aliphatic carbocycles. The quantitative estimate of drug-likeness (QED) is 0.00729. The third kappa shape index (κ3) is 139. The van der Waals surface area contributed by atoms with Gasteiger partial charge in [-0.15, -0.1) is 0 Å². The van der Waals surface area contributed by atoms with Crippen LogP contribution in [-0.4, -0.2) is 210 Å². The van der Waals surface area contributed by atoms with Gasteiger partial charge in [-0.3, -0.25) is 57.5 Å². The highest BCUT2D eigenvalue weighted by atomic mass is 32.1. The molecule has 2 unspecified atom stereocenters. The predicted octanol–water partition coefficient (Wildman–Crippen LogP) is 11.9. The van der Waals surface area contributed by atoms with E-state index >= 15 is 0 Å². The lowest BCUT2D eigenvalue weighted by atomic mass is 10.1. The average Bonchev–Trinajstić information content (AvgIpc) is 0.963. The first-order valence-electron chi connectivity index (χ1n) is 35.9. The van der Waals surface area contributed by atoms with Crippen LogP contribution in [0.15, 0.2) is 11.6 Å². The van der Waals surface area contributed by atoms with Gasteiger partial charge in [0, 0.05) is 87.6 Å². The molecule has 0 radical (unpaired) electrons. The molecule has 109 heavy (non-hydrogen) atoms. The number of carbonyl (C=O) groups excluding carboxylic acids is 11. The highest BCUT2D eigenvalue weighted by Gasteiger charge is 2.22. The number of nitrogens with one attached hydrogen (secondary N) is 1. The Hall–Kier alpha value is -8.27. The zero-order chi connectivity index (χ0) is 87.5. The molecule has 0 bridgehead atoms. The number of methoxy groups -OCH3 is 1. The normalized spacial score (nSPS) is 10.0. The molecule has 0 aromatic rings. The lowest BCUT2D eigenvalue weighted by molar-refractivity contribution is -0.166. The van der Waals surface area contributed by atoms with Crippen LogP contribution in [0.1, 0.15) is 270 Å². The average molecular weight is 1600 g/mol. The maximum absolute atomic E-state index is 11.1. The van der Waals surface area contributed by atoms with Crippen molar-refractivity contribution in [2.75, 3.05) is 65.7 Å². The molecule has 0 aliphatic rings. The summed E-state index contributed by atoms with van der Waals surface area (Å²) in [6.45, 7) is 45.0. The first-order valence-corrected chi connectivity index (χ1v) is 36.5. The summed E-state index contributed by atoms with van der Waals surface area (Å²) in [5, 5.41) is 47.3. The van der Waals surface area contributed by atoms with E-state index in [1.807, 2.05) is 13.8 Å². The van der Waals surface area contributed by atoms with E-state index < -0.39 is 77.5 Å². The van der Waals surface area contributed by atoms with Crippen molar-refractivity contribution in [3.8, 4) is 0 Å². The van der Waals surface area contributed by atoms with Gasteiger partial charge in [-0.2, -0.15) is 12.6 Å². The van der Waals surface area contributed by atoms with Crippen LogP contribution in [0.4, 0.5) is 0 Å². The van der Waals surface area contributed by atoms with Crippen molar-refractivity contribution in [2.45, 2.75) is 294 Å². The molecule has 0 rings (SSSR count). The molecule has 0 heterocycles. The monoisotopic (exact) mass is 1600 g/mol. The van der Waals surface area contributed by atoms with Crippen LogP contribution in [0.25, 0.3) is 0 Å². The SMILES string of the molecule is C.C/C(=C/C(=O)O)C(=O)O.CC(C)(O)C(=O)O.CC(C)=N.CC(C)C.CCC(=O)OC.CCC(=O)OCC(COC(=O)CC)OC(=O)CC.CCC(=O)OCC(COC(=O)CC)OC(=O)CS.CCC(=O)OCCOC(=O)CC.CCC(=O)OCCOC(=O)CC.CCC(C)C(=O)O.CCC(C)N.CCCC(C)C. The first-order chi connectivity index (χ1) is 49.9. The molecule has 34 heteroatoms. The second-order valence-corrected chi connectivity index (χ2v) is 23.7. The molecule has 0 aromatic heterocycles. The van der Waals surface area contributed by atoms with Crippen molar-refractivity contribution in [1.82, 2.24) is 0 Å². The number of carbonyl (C=O) groups is 15. The molecule has 33 nitrogen and oxygen atoms in total. The summed E-state index contributed by atoms with van der Waals surface area (Å²) in [5.74, 6) is -6.78. The standard InChI is InChI=1S/C12H20O6.C11H18O6S.2C8H14O4.C6H14.C5H6O4.C5H10O2.C4H11N.C4H8O3.C4H8O2.C4H10.C3H7N.CH4/c1-4-10(13)16-7-9(18-12(15)6-3)8-17-11(14)5-2;1-3-9(12)15-5-8(17-11(14)7-18)6-16-10(13)4-2;2*1-3-7(9)11-5-6-12-8(10)4-2;1-4-5-6(2)3;1-3(5(8)9)2-4(6)7;1-3-4(2)5(6)7;1-3-4(2)5;1-4(2,7)3(5)6;1-3-4(5)6-2;1-4(2)3;1-3(2)4;/h9H,4-8H2,1-3H3;8,18H,3-7H2,1-2H3;2*3-6H2,1-2H3;6H,4-5H2,1-3H3;2H,1H3,(H,6,7)(H,8,9);4H,3H2,1-2H3,(H,6,7);4H,3,5H2,1-2H3;7H,1-2H3,(H,5,6);3H2,1-2H3;4H,1-3H3;4H,1-2H3;1H4/b;;;;;3-2-;;;;;;;. The highest BCUT2D eigenvalue weighted by molar-refractivity contribution is 7.81. The van der Waals surface area contributed by atoms with Gasteiger partial charge < -0.3 is 88.8 Å². The Labute approximate surface area is 655 Å². The predicted molar refractivity (Wildman–Crippen MR) is 416 cm³/mol. The Balaban J connectivity index is -0.0000000865. The van der Waals surface area contributed by atoms with E-state index in [9.17, 15) is 71.9 Å². The van der Waals surface area contributed by atoms with Crippen molar-refractivity contribution < 1.29 is 150 Å². The van der Waals surface area contributed by atoms with Gasteiger partial charge in [0.25, 0.3) is 0 Å². The minimum atomic E-state index is -1.58. The van der Waals surface area contributed by atoms with Crippen LogP contribution in [0.5, 0.6) is 0 Å². The van der Waals surface area contributed by atoms with E-state index in [0.717, 1.165) is 24.7 Å². The molecule has 0 amide bonds. The van der Waals surface area contributed by atoms with E-state index in [1.54, 1.807) is 90.0 Å². The summed E-state index contributed by atoms with van der Waals surface area (Å²) in [7, 11) is 1.38. The van der Waals surface area contributed by atoms with Crippen LogP contribution >= 0.6 is 12.6 Å². The minimum absolute atomic E-state index is 0. The van der Waals surface area contributed by atoms with Gasteiger partial charge in [0.05, 0.1) is 18.8 Å². The fraction of sp³-hybridized carbons (Fsp3) is 0.760. The van der Waals surface area contributed by atoms with Crippen molar-refractivity contribution in [2.24, 2.45) is 23.5 Å². The van der Waals surface area contributed by atoms with Crippen molar-refractivity contribution >= 4 is 108 Å². The fourth-order valence-corrected chi connectivity index (χ4v) is 4.12. The Bertz CT molecular complexity index is 2220. The van der Waals surface area contributed by atoms with Gasteiger partial charge in [0.1, 0.15) is 52.9 Å². The number of thiol groups is 1. The number of aliphatic hydroxyl groups is 1. The maximum Gasteiger partial charge on any atom is 0.335 e. The van der Waals surface area contributed by atoms with E-state index in [0.29, 0.717) is 49.9 Å². The molecule has 2 atom stereocenters. The number of esters is 11. The lowest BCUT2D eigenvalue weighted by Crippen LogP contribution is -2.31. The Kier molecular flexibility index (Phi) is 112. The van der Waals surface area contributed by atoms with Gasteiger partial charge in [0.15, 0.2) is 17.8 Å². The van der Waals surface area contributed by atoms with Crippen LogP contribution in [0.3, 0.4) is 0 Å². The van der Waals surface area contributed by atoms with Gasteiger partial charge in [0.2, 0.25) is 0 Å². The molecule has 0 spiro atoms. The number of rotatable bonds is 35. The fourth-order valence-electron chi connectivity index (χ4n) is 4.05. The van der Waals surface area contributed by atoms with Gasteiger partial charge in [-0.1, -0.05) is 152 Å². The zero-order valence-corrected chi connectivity index (χ0v) is 70.6. The second kappa shape index (κ2) is 93.9. The summed E-state index contributed by atoms with van der Waals surface area (Å²) in [5.41, 5.74) is 4.20. The van der Waals surface area contributed by atoms with E-state index in [2.05, 4.69) is 84.8 Å². The summed E-state index contributed by atoms with van der Waals surface area (Å²) in [4.78, 5) is 158. The Morgan fingerprint density at radius 1 is 0.440 bits per heavy atom. The van der Waals surface area contributed by atoms with Crippen molar-refractivity contribution in [1.29, 1.82) is 5.41 Å². The number of carboxylic acid groups (broad SMARTS) is 4. The Morgan fingerprint density at radius 2 is 0.670 bits per heavy atom. The molecular weight excluding hydrogens is 1460 g/mol.